The molecular formula is C8H13NO3S2. The smallest absolute Gasteiger partial charge is 0.211 e. The lowest BCUT2D eigenvalue weighted by Gasteiger charge is -2.09. The maximum Gasteiger partial charge on any atom is 0.211 e. The molecule has 1 unspecified atom stereocenters. The SMILES string of the molecule is CCS(=O)(=O)NCC(O)c1ccsc1. The van der Waals surface area contributed by atoms with Crippen LogP contribution in [0.25, 0.3) is 0 Å². The lowest BCUT2D eigenvalue weighted by molar-refractivity contribution is 0.182. The lowest BCUT2D eigenvalue weighted by Crippen LogP contribution is -2.29. The van der Waals surface area contributed by atoms with Gasteiger partial charge in [-0.1, -0.05) is 0 Å². The van der Waals surface area contributed by atoms with Gasteiger partial charge in [-0.25, -0.2) is 13.1 Å². The molecule has 1 atom stereocenters. The molecule has 6 heteroatoms. The van der Waals surface area contributed by atoms with Gasteiger partial charge in [-0.2, -0.15) is 11.3 Å². The minimum Gasteiger partial charge on any atom is -0.387 e. The molecular weight excluding hydrogens is 222 g/mol. The van der Waals surface area contributed by atoms with E-state index in [1.165, 1.54) is 11.3 Å². The predicted octanol–water partition coefficient (Wildman–Crippen LogP) is 0.721. The quantitative estimate of drug-likeness (QED) is 0.790. The molecule has 1 heterocycles. The molecule has 0 aliphatic heterocycles. The average Bonchev–Trinajstić information content (AvgIpc) is 2.67. The molecule has 0 radical (unpaired) electrons. The van der Waals surface area contributed by atoms with Crippen molar-refractivity contribution in [1.29, 1.82) is 0 Å². The molecule has 0 saturated carbocycles. The third-order valence-electron chi connectivity index (χ3n) is 1.80. The van der Waals surface area contributed by atoms with E-state index in [2.05, 4.69) is 4.72 Å². The predicted molar refractivity (Wildman–Crippen MR) is 56.7 cm³/mol. The van der Waals surface area contributed by atoms with E-state index in [-0.39, 0.29) is 12.3 Å². The van der Waals surface area contributed by atoms with Crippen molar-refractivity contribution in [1.82, 2.24) is 4.72 Å². The molecule has 2 N–H and O–H groups in total. The highest BCUT2D eigenvalue weighted by molar-refractivity contribution is 7.89. The average molecular weight is 235 g/mol. The van der Waals surface area contributed by atoms with E-state index in [4.69, 9.17) is 0 Å². The summed E-state index contributed by atoms with van der Waals surface area (Å²) in [6.45, 7) is 1.59. The Bertz CT molecular complexity index is 358. The fourth-order valence-corrected chi connectivity index (χ4v) is 2.21. The van der Waals surface area contributed by atoms with Crippen LogP contribution >= 0.6 is 11.3 Å². The molecule has 0 spiro atoms. The van der Waals surface area contributed by atoms with E-state index >= 15 is 0 Å². The number of aliphatic hydroxyl groups excluding tert-OH is 1. The fraction of sp³-hybridized carbons (Fsp3) is 0.500. The van der Waals surface area contributed by atoms with Gasteiger partial charge in [0.1, 0.15) is 0 Å². The molecule has 80 valence electrons. The Kier molecular flexibility index (Phi) is 4.06. The van der Waals surface area contributed by atoms with Crippen molar-refractivity contribution in [2.24, 2.45) is 0 Å². The third kappa shape index (κ3) is 3.38. The van der Waals surface area contributed by atoms with Crippen molar-refractivity contribution in [3.05, 3.63) is 22.4 Å². The number of aliphatic hydroxyl groups is 1. The van der Waals surface area contributed by atoms with Gasteiger partial charge in [-0.15, -0.1) is 0 Å². The van der Waals surface area contributed by atoms with Crippen LogP contribution in [-0.4, -0.2) is 25.8 Å². The van der Waals surface area contributed by atoms with Crippen LogP contribution in [-0.2, 0) is 10.0 Å². The number of thiophene rings is 1. The summed E-state index contributed by atoms with van der Waals surface area (Å²) in [7, 11) is -3.21. The largest absolute Gasteiger partial charge is 0.387 e. The molecule has 0 aromatic carbocycles. The fourth-order valence-electron chi connectivity index (χ4n) is 0.890. The van der Waals surface area contributed by atoms with Crippen LogP contribution in [0.5, 0.6) is 0 Å². The van der Waals surface area contributed by atoms with E-state index in [1.807, 2.05) is 5.38 Å². The maximum atomic E-state index is 11.1. The van der Waals surface area contributed by atoms with Gasteiger partial charge < -0.3 is 5.11 Å². The number of sulfonamides is 1. The first kappa shape index (κ1) is 11.6. The second-order valence-corrected chi connectivity index (χ2v) is 5.70. The zero-order valence-electron chi connectivity index (χ0n) is 7.80. The van der Waals surface area contributed by atoms with Crippen LogP contribution < -0.4 is 4.72 Å². The zero-order chi connectivity index (χ0) is 10.6. The zero-order valence-corrected chi connectivity index (χ0v) is 9.44. The second kappa shape index (κ2) is 4.88. The van der Waals surface area contributed by atoms with Crippen molar-refractivity contribution in [2.45, 2.75) is 13.0 Å². The second-order valence-electron chi connectivity index (χ2n) is 2.82. The first-order valence-electron chi connectivity index (χ1n) is 4.22. The summed E-state index contributed by atoms with van der Waals surface area (Å²) in [5, 5.41) is 13.2. The minimum atomic E-state index is -3.21. The Balaban J connectivity index is 2.47. The van der Waals surface area contributed by atoms with Gasteiger partial charge in [0.2, 0.25) is 10.0 Å². The van der Waals surface area contributed by atoms with Crippen molar-refractivity contribution in [2.75, 3.05) is 12.3 Å². The molecule has 0 saturated heterocycles. The minimum absolute atomic E-state index is 0.0311. The molecule has 0 bridgehead atoms. The Morgan fingerprint density at radius 3 is 2.86 bits per heavy atom. The normalized spacial score (nSPS) is 14.1. The van der Waals surface area contributed by atoms with Gasteiger partial charge in [0.05, 0.1) is 11.9 Å². The molecule has 0 amide bonds. The molecule has 0 aliphatic carbocycles. The summed E-state index contributed by atoms with van der Waals surface area (Å²) in [6.07, 6.45) is -0.762. The molecule has 4 nitrogen and oxygen atoms in total. The first-order chi connectivity index (χ1) is 6.55. The van der Waals surface area contributed by atoms with Crippen LogP contribution in [0.1, 0.15) is 18.6 Å². The summed E-state index contributed by atoms with van der Waals surface area (Å²) in [6, 6.07) is 1.77. The van der Waals surface area contributed by atoms with E-state index in [0.29, 0.717) is 0 Å². The molecule has 1 aromatic rings. The van der Waals surface area contributed by atoms with Crippen LogP contribution in [0, 0.1) is 0 Å². The first-order valence-corrected chi connectivity index (χ1v) is 6.82. The van der Waals surface area contributed by atoms with Crippen LogP contribution in [0.3, 0.4) is 0 Å². The molecule has 0 fully saturated rings. The molecule has 1 rings (SSSR count). The van der Waals surface area contributed by atoms with Crippen molar-refractivity contribution < 1.29 is 13.5 Å². The lowest BCUT2D eigenvalue weighted by atomic mass is 10.2. The highest BCUT2D eigenvalue weighted by Gasteiger charge is 2.12. The number of hydrogen-bond donors (Lipinski definition) is 2. The van der Waals surface area contributed by atoms with Gasteiger partial charge >= 0.3 is 0 Å². The van der Waals surface area contributed by atoms with Crippen LogP contribution in [0.2, 0.25) is 0 Å². The van der Waals surface area contributed by atoms with Gasteiger partial charge in [0.25, 0.3) is 0 Å². The van der Waals surface area contributed by atoms with Crippen molar-refractivity contribution in [3.8, 4) is 0 Å². The van der Waals surface area contributed by atoms with E-state index in [0.717, 1.165) is 5.56 Å². The number of hydrogen-bond acceptors (Lipinski definition) is 4. The third-order valence-corrected chi connectivity index (χ3v) is 3.87. The van der Waals surface area contributed by atoms with E-state index in [1.54, 1.807) is 18.4 Å². The summed E-state index contributed by atoms with van der Waals surface area (Å²) < 4.78 is 24.4. The maximum absolute atomic E-state index is 11.1. The van der Waals surface area contributed by atoms with Gasteiger partial charge in [0, 0.05) is 6.54 Å². The van der Waals surface area contributed by atoms with Crippen molar-refractivity contribution in [3.63, 3.8) is 0 Å². The topological polar surface area (TPSA) is 66.4 Å². The summed E-state index contributed by atoms with van der Waals surface area (Å²) >= 11 is 1.47. The Morgan fingerprint density at radius 2 is 2.36 bits per heavy atom. The van der Waals surface area contributed by atoms with Crippen LogP contribution in [0.4, 0.5) is 0 Å². The highest BCUT2D eigenvalue weighted by Crippen LogP contribution is 2.15. The standard InChI is InChI=1S/C8H13NO3S2/c1-2-14(11,12)9-5-8(10)7-3-4-13-6-7/h3-4,6,8-10H,2,5H2,1H3. The summed E-state index contributed by atoms with van der Waals surface area (Å²) in [4.78, 5) is 0. The van der Waals surface area contributed by atoms with Gasteiger partial charge in [-0.05, 0) is 29.3 Å². The molecule has 14 heavy (non-hydrogen) atoms. The van der Waals surface area contributed by atoms with Gasteiger partial charge in [0.15, 0.2) is 0 Å². The number of nitrogens with one attached hydrogen (secondary N) is 1. The van der Waals surface area contributed by atoms with E-state index < -0.39 is 16.1 Å². The van der Waals surface area contributed by atoms with Gasteiger partial charge in [-0.3, -0.25) is 0 Å². The van der Waals surface area contributed by atoms with Crippen LogP contribution in [0.15, 0.2) is 16.8 Å². The summed E-state index contributed by atoms with van der Waals surface area (Å²) in [5.41, 5.74) is 0.744. The Morgan fingerprint density at radius 1 is 1.64 bits per heavy atom. The summed E-state index contributed by atoms with van der Waals surface area (Å²) in [5.74, 6) is 0.0311. The van der Waals surface area contributed by atoms with Crippen molar-refractivity contribution >= 4 is 21.4 Å². The van der Waals surface area contributed by atoms with E-state index in [9.17, 15) is 13.5 Å². The highest BCUT2D eigenvalue weighted by atomic mass is 32.2. The Labute approximate surface area is 87.6 Å². The molecule has 0 aliphatic rings. The molecule has 1 aromatic heterocycles. The Hall–Kier alpha value is -0.430. The monoisotopic (exact) mass is 235 g/mol. The number of rotatable bonds is 5.